The summed E-state index contributed by atoms with van der Waals surface area (Å²) in [5.41, 5.74) is 5.49. The fraction of sp³-hybridized carbons (Fsp3) is 0.679. The van der Waals surface area contributed by atoms with Crippen LogP contribution in [-0.4, -0.2) is 83.8 Å². The number of hydrogen-bond acceptors (Lipinski definition) is 5. The van der Waals surface area contributed by atoms with Crippen molar-refractivity contribution in [2.75, 3.05) is 40.3 Å². The molecular weight excluding hydrogens is 454 g/mol. The van der Waals surface area contributed by atoms with Crippen LogP contribution in [0, 0.1) is 5.92 Å². The van der Waals surface area contributed by atoms with E-state index in [1.54, 1.807) is 18.7 Å². The highest BCUT2D eigenvalue weighted by atomic mass is 16.2. The molecule has 0 atom stereocenters. The number of nitrogens with one attached hydrogen (secondary N) is 1. The molecule has 8 heteroatoms. The van der Waals surface area contributed by atoms with Crippen molar-refractivity contribution in [3.63, 3.8) is 0 Å². The summed E-state index contributed by atoms with van der Waals surface area (Å²) in [4.78, 5) is 44.3. The maximum Gasteiger partial charge on any atom is 0.321 e. The lowest BCUT2D eigenvalue weighted by molar-refractivity contribution is -0.124. The molecule has 3 amide bonds. The Kier molecular flexibility index (Phi) is 7.49. The number of rotatable bonds is 10. The van der Waals surface area contributed by atoms with Crippen LogP contribution in [0.5, 0.6) is 0 Å². The first-order valence-corrected chi connectivity index (χ1v) is 13.4. The first-order valence-electron chi connectivity index (χ1n) is 13.4. The van der Waals surface area contributed by atoms with Crippen molar-refractivity contribution >= 4 is 17.7 Å². The first-order chi connectivity index (χ1) is 17.0. The van der Waals surface area contributed by atoms with Crippen molar-refractivity contribution < 1.29 is 14.4 Å². The molecule has 2 saturated carbocycles. The molecule has 1 saturated heterocycles. The van der Waals surface area contributed by atoms with Crippen LogP contribution < -0.4 is 11.1 Å². The summed E-state index contributed by atoms with van der Waals surface area (Å²) in [5.74, 6) is -0.0570. The minimum Gasteiger partial charge on any atom is -0.368 e. The van der Waals surface area contributed by atoms with Crippen molar-refractivity contribution in [1.82, 2.24) is 20.0 Å². The van der Waals surface area contributed by atoms with Gasteiger partial charge in [0.2, 0.25) is 5.91 Å². The summed E-state index contributed by atoms with van der Waals surface area (Å²) in [6.45, 7) is 4.75. The molecule has 1 aromatic rings. The summed E-state index contributed by atoms with van der Waals surface area (Å²) in [5, 5.41) is 2.94. The molecule has 3 N–H and O–H groups in total. The molecule has 36 heavy (non-hydrogen) atoms. The highest BCUT2D eigenvalue weighted by molar-refractivity contribution is 5.89. The van der Waals surface area contributed by atoms with Gasteiger partial charge in [-0.1, -0.05) is 36.8 Å². The van der Waals surface area contributed by atoms with E-state index >= 15 is 0 Å². The smallest absolute Gasteiger partial charge is 0.321 e. The van der Waals surface area contributed by atoms with Crippen LogP contribution in [0.2, 0.25) is 0 Å². The van der Waals surface area contributed by atoms with Gasteiger partial charge in [0.25, 0.3) is 0 Å². The van der Waals surface area contributed by atoms with Gasteiger partial charge in [-0.25, -0.2) is 4.79 Å². The fourth-order valence-electron chi connectivity index (χ4n) is 6.19. The Labute approximate surface area is 215 Å². The Hall–Kier alpha value is -2.45. The topological polar surface area (TPSA) is 99.0 Å². The third-order valence-electron chi connectivity index (χ3n) is 9.11. The van der Waals surface area contributed by atoms with E-state index in [0.29, 0.717) is 12.5 Å². The van der Waals surface area contributed by atoms with Crippen LogP contribution in [0.4, 0.5) is 4.79 Å². The van der Waals surface area contributed by atoms with Gasteiger partial charge in [0.1, 0.15) is 0 Å². The Bertz CT molecular complexity index is 965. The molecule has 0 radical (unpaired) electrons. The molecule has 1 aromatic carbocycles. The molecule has 0 unspecified atom stereocenters. The molecule has 0 aromatic heterocycles. The van der Waals surface area contributed by atoms with Crippen molar-refractivity contribution in [3.8, 4) is 0 Å². The number of benzene rings is 1. The van der Waals surface area contributed by atoms with Crippen molar-refractivity contribution in [3.05, 3.63) is 35.9 Å². The van der Waals surface area contributed by atoms with Gasteiger partial charge in [-0.05, 0) is 77.9 Å². The standard InChI is InChI=1S/C28H43N5O3/c1-26(2,24(29)35)30-17-23(34)19-32-20-27(33(25(32)36)18-21-9-8-10-21)13-15-28(16-14-27,31(3)4)22-11-6-5-7-12-22/h5-7,11-12,21,30H,8-10,13-20H2,1-4H3,(H2,29,35). The first kappa shape index (κ1) is 26.6. The predicted octanol–water partition coefficient (Wildman–Crippen LogP) is 2.72. The van der Waals surface area contributed by atoms with Gasteiger partial charge in [0.05, 0.1) is 24.2 Å². The van der Waals surface area contributed by atoms with Gasteiger partial charge in [0.15, 0.2) is 5.78 Å². The summed E-state index contributed by atoms with van der Waals surface area (Å²) in [6, 6.07) is 10.7. The number of ketones is 1. The number of nitrogens with zero attached hydrogens (tertiary/aromatic N) is 3. The summed E-state index contributed by atoms with van der Waals surface area (Å²) in [7, 11) is 4.31. The average Bonchev–Trinajstić information content (AvgIpc) is 3.06. The highest BCUT2D eigenvalue weighted by Crippen LogP contribution is 2.49. The number of hydrogen-bond donors (Lipinski definition) is 2. The van der Waals surface area contributed by atoms with Crippen LogP contribution in [0.3, 0.4) is 0 Å². The van der Waals surface area contributed by atoms with Gasteiger partial charge in [-0.15, -0.1) is 0 Å². The molecule has 1 heterocycles. The van der Waals surface area contributed by atoms with E-state index in [4.69, 9.17) is 5.73 Å². The molecule has 3 aliphatic rings. The van der Waals surface area contributed by atoms with Gasteiger partial charge in [-0.3, -0.25) is 19.8 Å². The zero-order valence-corrected chi connectivity index (χ0v) is 22.4. The van der Waals surface area contributed by atoms with Crippen molar-refractivity contribution in [2.24, 2.45) is 11.7 Å². The molecule has 3 fully saturated rings. The maximum absolute atomic E-state index is 13.7. The summed E-state index contributed by atoms with van der Waals surface area (Å²) < 4.78 is 0. The molecule has 198 valence electrons. The van der Waals surface area contributed by atoms with Gasteiger partial charge >= 0.3 is 6.03 Å². The van der Waals surface area contributed by atoms with E-state index in [9.17, 15) is 14.4 Å². The lowest BCUT2D eigenvalue weighted by Gasteiger charge is -2.51. The van der Waals surface area contributed by atoms with E-state index < -0.39 is 11.4 Å². The van der Waals surface area contributed by atoms with Crippen LogP contribution in [0.1, 0.15) is 64.4 Å². The number of amides is 3. The van der Waals surface area contributed by atoms with E-state index in [1.807, 2.05) is 0 Å². The SMILES string of the molecule is CN(C)C1(c2ccccc2)CCC2(CC1)CN(CC(=O)CNC(C)(C)C(N)=O)C(=O)N2CC1CCC1. The molecule has 8 nitrogen and oxygen atoms in total. The van der Waals surface area contributed by atoms with E-state index in [1.165, 1.54) is 24.8 Å². The third kappa shape index (κ3) is 5.02. The Balaban J connectivity index is 1.50. The van der Waals surface area contributed by atoms with E-state index in [2.05, 4.69) is 59.5 Å². The normalized spacial score (nSPS) is 27.1. The average molecular weight is 498 g/mol. The Morgan fingerprint density at radius 1 is 1.11 bits per heavy atom. The van der Waals surface area contributed by atoms with Crippen LogP contribution in [0.25, 0.3) is 0 Å². The minimum atomic E-state index is -0.974. The molecule has 4 rings (SSSR count). The third-order valence-corrected chi connectivity index (χ3v) is 9.11. The van der Waals surface area contributed by atoms with E-state index in [0.717, 1.165) is 32.2 Å². The zero-order valence-electron chi connectivity index (χ0n) is 22.4. The van der Waals surface area contributed by atoms with E-state index in [-0.39, 0.29) is 36.0 Å². The number of urea groups is 1. The largest absolute Gasteiger partial charge is 0.368 e. The highest BCUT2D eigenvalue weighted by Gasteiger charge is 2.55. The second kappa shape index (κ2) is 10.1. The number of primary amides is 1. The Morgan fingerprint density at radius 2 is 1.75 bits per heavy atom. The molecule has 1 spiro atoms. The molecular formula is C28H43N5O3. The number of carbonyl (C=O) groups excluding carboxylic acids is 3. The van der Waals surface area contributed by atoms with Crippen molar-refractivity contribution in [2.45, 2.75) is 75.4 Å². The molecule has 1 aliphatic heterocycles. The van der Waals surface area contributed by atoms with Crippen LogP contribution >= 0.6 is 0 Å². The number of nitrogens with two attached hydrogens (primary N) is 1. The number of carbonyl (C=O) groups is 3. The van der Waals surface area contributed by atoms with Gasteiger partial charge in [-0.2, -0.15) is 0 Å². The van der Waals surface area contributed by atoms with Crippen LogP contribution in [0.15, 0.2) is 30.3 Å². The monoisotopic (exact) mass is 497 g/mol. The summed E-state index contributed by atoms with van der Waals surface area (Å²) in [6.07, 6.45) is 7.35. The van der Waals surface area contributed by atoms with Gasteiger partial charge in [0, 0.05) is 18.6 Å². The molecule has 2 aliphatic carbocycles. The fourth-order valence-corrected chi connectivity index (χ4v) is 6.19. The van der Waals surface area contributed by atoms with Crippen molar-refractivity contribution in [1.29, 1.82) is 0 Å². The maximum atomic E-state index is 13.7. The predicted molar refractivity (Wildman–Crippen MR) is 140 cm³/mol. The summed E-state index contributed by atoms with van der Waals surface area (Å²) >= 11 is 0. The minimum absolute atomic E-state index is 0.00704. The number of Topliss-reactive ketones (excluding diaryl/α,β-unsaturated/α-hetero) is 1. The lowest BCUT2D eigenvalue weighted by Crippen LogP contribution is -2.56. The second-order valence-corrected chi connectivity index (χ2v) is 11.9. The quantitative estimate of drug-likeness (QED) is 0.518. The molecule has 0 bridgehead atoms. The van der Waals surface area contributed by atoms with Gasteiger partial charge < -0.3 is 15.5 Å². The second-order valence-electron chi connectivity index (χ2n) is 11.9. The van der Waals surface area contributed by atoms with Crippen LogP contribution in [-0.2, 0) is 15.1 Å². The lowest BCUT2D eigenvalue weighted by atomic mass is 9.68. The zero-order chi connectivity index (χ0) is 26.1. The Morgan fingerprint density at radius 3 is 2.28 bits per heavy atom.